The summed E-state index contributed by atoms with van der Waals surface area (Å²) in [7, 11) is 0. The van der Waals surface area contributed by atoms with Gasteiger partial charge >= 0.3 is 0 Å². The van der Waals surface area contributed by atoms with Gasteiger partial charge in [-0.15, -0.1) is 10.2 Å². The standard InChI is InChI=1S/C21H24N4O3S/c1-2-16-5-7-17(8-6-16)19(26)15-29-21-23-22-20(24-9-12-27-13-10-24)25(21)14-18-4-3-11-28-18/h3-8,11H,2,9-10,12-15H2,1H3. The Bertz CT molecular complexity index is 932. The number of hydrogen-bond donors (Lipinski definition) is 0. The maximum atomic E-state index is 12.6. The van der Waals surface area contributed by atoms with E-state index in [2.05, 4.69) is 22.0 Å². The predicted octanol–water partition coefficient (Wildman–Crippen LogP) is 3.29. The molecule has 0 aliphatic carbocycles. The van der Waals surface area contributed by atoms with Crippen molar-refractivity contribution < 1.29 is 13.9 Å². The van der Waals surface area contributed by atoms with Crippen LogP contribution in [0.1, 0.15) is 28.6 Å². The molecule has 3 heterocycles. The Balaban J connectivity index is 1.51. The molecule has 1 saturated heterocycles. The van der Waals surface area contributed by atoms with Crippen LogP contribution < -0.4 is 4.90 Å². The number of morpholine rings is 1. The van der Waals surface area contributed by atoms with Crippen molar-refractivity contribution in [3.8, 4) is 0 Å². The number of nitrogens with zero attached hydrogens (tertiary/aromatic N) is 4. The van der Waals surface area contributed by atoms with Gasteiger partial charge in [0.1, 0.15) is 5.76 Å². The first-order valence-corrected chi connectivity index (χ1v) is 10.8. The van der Waals surface area contributed by atoms with Crippen molar-refractivity contribution in [3.63, 3.8) is 0 Å². The molecular formula is C21H24N4O3S. The topological polar surface area (TPSA) is 73.4 Å². The summed E-state index contributed by atoms with van der Waals surface area (Å²) in [6.45, 7) is 5.50. The largest absolute Gasteiger partial charge is 0.467 e. The molecule has 0 radical (unpaired) electrons. The van der Waals surface area contributed by atoms with Gasteiger partial charge in [-0.05, 0) is 24.1 Å². The van der Waals surface area contributed by atoms with Crippen molar-refractivity contribution >= 4 is 23.5 Å². The summed E-state index contributed by atoms with van der Waals surface area (Å²) in [4.78, 5) is 14.8. The molecule has 3 aromatic rings. The SMILES string of the molecule is CCc1ccc(C(=O)CSc2nnc(N3CCOCC3)n2Cc2ccco2)cc1. The highest BCUT2D eigenvalue weighted by molar-refractivity contribution is 7.99. The summed E-state index contributed by atoms with van der Waals surface area (Å²) in [5, 5.41) is 9.48. The van der Waals surface area contributed by atoms with Gasteiger partial charge in [0, 0.05) is 18.7 Å². The van der Waals surface area contributed by atoms with E-state index in [-0.39, 0.29) is 5.78 Å². The lowest BCUT2D eigenvalue weighted by atomic mass is 10.1. The van der Waals surface area contributed by atoms with Crippen LogP contribution in [0.25, 0.3) is 0 Å². The minimum absolute atomic E-state index is 0.0816. The van der Waals surface area contributed by atoms with E-state index in [0.29, 0.717) is 30.7 Å². The average molecular weight is 413 g/mol. The molecule has 7 nitrogen and oxygen atoms in total. The van der Waals surface area contributed by atoms with Gasteiger partial charge in [0.2, 0.25) is 5.95 Å². The predicted molar refractivity (Wildman–Crippen MR) is 112 cm³/mol. The Labute approximate surface area is 174 Å². The number of thioether (sulfide) groups is 1. The van der Waals surface area contributed by atoms with Crippen molar-refractivity contribution in [1.82, 2.24) is 14.8 Å². The molecule has 1 aromatic carbocycles. The van der Waals surface area contributed by atoms with Crippen molar-refractivity contribution in [1.29, 1.82) is 0 Å². The number of hydrogen-bond acceptors (Lipinski definition) is 7. The first kappa shape index (κ1) is 19.7. The lowest BCUT2D eigenvalue weighted by Crippen LogP contribution is -2.38. The van der Waals surface area contributed by atoms with Crippen molar-refractivity contribution in [2.75, 3.05) is 37.0 Å². The first-order valence-electron chi connectivity index (χ1n) is 9.78. The number of furan rings is 1. The van der Waals surface area contributed by atoms with Crippen LogP contribution in [0.4, 0.5) is 5.95 Å². The second kappa shape index (κ2) is 9.28. The van der Waals surface area contributed by atoms with E-state index in [1.54, 1.807) is 6.26 Å². The molecule has 0 unspecified atom stereocenters. The van der Waals surface area contributed by atoms with E-state index >= 15 is 0 Å². The van der Waals surface area contributed by atoms with E-state index in [1.165, 1.54) is 17.3 Å². The second-order valence-electron chi connectivity index (χ2n) is 6.81. The average Bonchev–Trinajstić information content (AvgIpc) is 3.43. The van der Waals surface area contributed by atoms with E-state index in [9.17, 15) is 4.79 Å². The molecule has 1 aliphatic rings. The van der Waals surface area contributed by atoms with E-state index in [0.717, 1.165) is 36.8 Å². The lowest BCUT2D eigenvalue weighted by molar-refractivity contribution is 0.102. The quantitative estimate of drug-likeness (QED) is 0.415. The second-order valence-corrected chi connectivity index (χ2v) is 7.75. The molecule has 0 bridgehead atoms. The number of carbonyl (C=O) groups excluding carboxylic acids is 1. The molecule has 0 atom stereocenters. The van der Waals surface area contributed by atoms with E-state index in [4.69, 9.17) is 9.15 Å². The number of Topliss-reactive ketones (excluding diaryl/α,β-unsaturated/α-hetero) is 1. The fourth-order valence-electron chi connectivity index (χ4n) is 3.22. The normalized spacial score (nSPS) is 14.3. The van der Waals surface area contributed by atoms with Crippen LogP contribution in [0.2, 0.25) is 0 Å². The van der Waals surface area contributed by atoms with E-state index < -0.39 is 0 Å². The molecule has 1 fully saturated rings. The zero-order chi connectivity index (χ0) is 20.1. The molecule has 0 N–H and O–H groups in total. The van der Waals surface area contributed by atoms with Gasteiger partial charge in [-0.2, -0.15) is 0 Å². The summed E-state index contributed by atoms with van der Waals surface area (Å²) in [5.74, 6) is 2.00. The molecule has 152 valence electrons. The van der Waals surface area contributed by atoms with Gasteiger partial charge in [-0.3, -0.25) is 9.36 Å². The maximum absolute atomic E-state index is 12.6. The minimum Gasteiger partial charge on any atom is -0.467 e. The summed E-state index contributed by atoms with van der Waals surface area (Å²) in [6, 6.07) is 11.6. The van der Waals surface area contributed by atoms with Crippen LogP contribution in [-0.4, -0.2) is 52.6 Å². The number of aryl methyl sites for hydroxylation is 1. The molecule has 0 spiro atoms. The Morgan fingerprint density at radius 3 is 2.62 bits per heavy atom. The number of carbonyl (C=O) groups is 1. The number of ether oxygens (including phenoxy) is 1. The van der Waals surface area contributed by atoms with Crippen LogP contribution in [0.15, 0.2) is 52.2 Å². The number of ketones is 1. The Hall–Kier alpha value is -2.58. The van der Waals surface area contributed by atoms with Crippen molar-refractivity contribution in [2.24, 2.45) is 0 Å². The van der Waals surface area contributed by atoms with E-state index in [1.807, 2.05) is 41.0 Å². The number of benzene rings is 1. The minimum atomic E-state index is 0.0816. The highest BCUT2D eigenvalue weighted by Crippen LogP contribution is 2.25. The van der Waals surface area contributed by atoms with Gasteiger partial charge in [0.15, 0.2) is 10.9 Å². The monoisotopic (exact) mass is 412 g/mol. The van der Waals surface area contributed by atoms with Gasteiger partial charge in [-0.25, -0.2) is 0 Å². The van der Waals surface area contributed by atoms with Gasteiger partial charge < -0.3 is 14.1 Å². The van der Waals surface area contributed by atoms with Crippen LogP contribution >= 0.6 is 11.8 Å². The maximum Gasteiger partial charge on any atom is 0.228 e. The third kappa shape index (κ3) is 4.71. The van der Waals surface area contributed by atoms with Gasteiger partial charge in [-0.1, -0.05) is 43.0 Å². The summed E-state index contributed by atoms with van der Waals surface area (Å²) >= 11 is 1.41. The number of anilines is 1. The van der Waals surface area contributed by atoms with Crippen LogP contribution in [0.3, 0.4) is 0 Å². The molecule has 0 amide bonds. The van der Waals surface area contributed by atoms with Crippen LogP contribution in [0.5, 0.6) is 0 Å². The number of rotatable bonds is 8. The molecular weight excluding hydrogens is 388 g/mol. The van der Waals surface area contributed by atoms with Gasteiger partial charge in [0.25, 0.3) is 0 Å². The summed E-state index contributed by atoms with van der Waals surface area (Å²) in [6.07, 6.45) is 2.62. The zero-order valence-electron chi connectivity index (χ0n) is 16.4. The summed E-state index contributed by atoms with van der Waals surface area (Å²) in [5.41, 5.74) is 1.95. The molecule has 1 aliphatic heterocycles. The third-order valence-electron chi connectivity index (χ3n) is 4.90. The summed E-state index contributed by atoms with van der Waals surface area (Å²) < 4.78 is 13.0. The zero-order valence-corrected chi connectivity index (χ0v) is 17.2. The highest BCUT2D eigenvalue weighted by atomic mass is 32.2. The first-order chi connectivity index (χ1) is 14.2. The van der Waals surface area contributed by atoms with Crippen molar-refractivity contribution in [3.05, 3.63) is 59.5 Å². The lowest BCUT2D eigenvalue weighted by Gasteiger charge is -2.27. The third-order valence-corrected chi connectivity index (χ3v) is 5.87. The molecule has 4 rings (SSSR count). The van der Waals surface area contributed by atoms with Gasteiger partial charge in [0.05, 0.1) is 31.8 Å². The van der Waals surface area contributed by atoms with Crippen molar-refractivity contribution in [2.45, 2.75) is 25.0 Å². The molecule has 8 heteroatoms. The molecule has 0 saturated carbocycles. The molecule has 2 aromatic heterocycles. The van der Waals surface area contributed by atoms with Crippen LogP contribution in [0, 0.1) is 0 Å². The Kier molecular flexibility index (Phi) is 6.31. The fraction of sp³-hybridized carbons (Fsp3) is 0.381. The van der Waals surface area contributed by atoms with Crippen LogP contribution in [-0.2, 0) is 17.7 Å². The smallest absolute Gasteiger partial charge is 0.228 e. The molecule has 29 heavy (non-hydrogen) atoms. The number of aromatic nitrogens is 3. The fourth-order valence-corrected chi connectivity index (χ4v) is 4.05. The Morgan fingerprint density at radius 1 is 1.14 bits per heavy atom. The highest BCUT2D eigenvalue weighted by Gasteiger charge is 2.22. The Morgan fingerprint density at radius 2 is 1.93 bits per heavy atom.